The van der Waals surface area contributed by atoms with Crippen LogP contribution < -0.4 is 14.8 Å². The van der Waals surface area contributed by atoms with Crippen molar-refractivity contribution < 1.29 is 22.7 Å². The summed E-state index contributed by atoms with van der Waals surface area (Å²) in [5.41, 5.74) is 1.26. The topological polar surface area (TPSA) is 121 Å². The first-order valence-corrected chi connectivity index (χ1v) is 15.1. The SMILES string of the molecule is CN1CCN(c2cc(F)ccc2Cc2cnc(-c3nc4c(Br)cc(N5C=COCC5)cn4c(=O)c3O)s2)S1(=O)=O. The van der Waals surface area contributed by atoms with Crippen LogP contribution in [0.15, 0.2) is 58.4 Å². The van der Waals surface area contributed by atoms with Gasteiger partial charge in [-0.2, -0.15) is 12.7 Å². The Morgan fingerprint density at radius 3 is 2.77 bits per heavy atom. The van der Waals surface area contributed by atoms with E-state index >= 15 is 0 Å². The van der Waals surface area contributed by atoms with Gasteiger partial charge in [0.15, 0.2) is 5.65 Å². The van der Waals surface area contributed by atoms with Crippen molar-refractivity contribution in [2.45, 2.75) is 6.42 Å². The summed E-state index contributed by atoms with van der Waals surface area (Å²) >= 11 is 4.70. The van der Waals surface area contributed by atoms with E-state index in [4.69, 9.17) is 4.74 Å². The highest BCUT2D eigenvalue weighted by Gasteiger charge is 2.35. The Bertz CT molecular complexity index is 1840. The zero-order valence-electron chi connectivity index (χ0n) is 21.0. The van der Waals surface area contributed by atoms with E-state index in [1.807, 2.05) is 11.0 Å². The summed E-state index contributed by atoms with van der Waals surface area (Å²) in [6.45, 7) is 1.60. The van der Waals surface area contributed by atoms with Crippen molar-refractivity contribution in [1.29, 1.82) is 0 Å². The average molecular weight is 650 g/mol. The number of aromatic hydroxyl groups is 1. The van der Waals surface area contributed by atoms with Crippen molar-refractivity contribution >= 4 is 54.5 Å². The number of anilines is 2. The highest BCUT2D eigenvalue weighted by atomic mass is 79.9. The Labute approximate surface area is 240 Å². The summed E-state index contributed by atoms with van der Waals surface area (Å²) in [5, 5.41) is 11.1. The number of hydrogen-bond acceptors (Lipinski definition) is 9. The maximum atomic E-state index is 14.2. The van der Waals surface area contributed by atoms with Gasteiger partial charge in [-0.25, -0.2) is 14.4 Å². The molecule has 1 N–H and O–H groups in total. The van der Waals surface area contributed by atoms with Gasteiger partial charge < -0.3 is 14.7 Å². The highest BCUT2D eigenvalue weighted by Crippen LogP contribution is 2.35. The Hall–Kier alpha value is -3.53. The molecule has 15 heteroatoms. The zero-order valence-corrected chi connectivity index (χ0v) is 24.2. The van der Waals surface area contributed by atoms with Crippen LogP contribution in [0, 0.1) is 5.82 Å². The molecular weight excluding hydrogens is 627 g/mol. The molecule has 1 fully saturated rings. The molecule has 0 amide bonds. The second kappa shape index (κ2) is 10.1. The lowest BCUT2D eigenvalue weighted by Crippen LogP contribution is -2.31. The smallest absolute Gasteiger partial charge is 0.303 e. The fourth-order valence-electron chi connectivity index (χ4n) is 4.59. The van der Waals surface area contributed by atoms with Crippen LogP contribution in [0.4, 0.5) is 15.8 Å². The van der Waals surface area contributed by atoms with E-state index in [0.717, 1.165) is 0 Å². The van der Waals surface area contributed by atoms with Crippen LogP contribution >= 0.6 is 27.3 Å². The minimum Gasteiger partial charge on any atom is -0.501 e. The van der Waals surface area contributed by atoms with Crippen LogP contribution in [0.1, 0.15) is 10.4 Å². The van der Waals surface area contributed by atoms with Gasteiger partial charge in [0, 0.05) is 50.0 Å². The number of rotatable bonds is 5. The molecule has 2 aliphatic heterocycles. The number of nitrogens with zero attached hydrogens (tertiary/aromatic N) is 6. The molecule has 0 atom stereocenters. The summed E-state index contributed by atoms with van der Waals surface area (Å²) in [7, 11) is -2.26. The van der Waals surface area contributed by atoms with Gasteiger partial charge in [-0.05, 0) is 39.7 Å². The monoisotopic (exact) mass is 648 g/mol. The van der Waals surface area contributed by atoms with Gasteiger partial charge in [0.25, 0.3) is 0 Å². The van der Waals surface area contributed by atoms with Crippen molar-refractivity contribution in [2.75, 3.05) is 42.5 Å². The normalized spacial score (nSPS) is 17.1. The quantitative estimate of drug-likeness (QED) is 0.350. The molecule has 0 radical (unpaired) electrons. The van der Waals surface area contributed by atoms with Gasteiger partial charge in [0.05, 0.1) is 28.7 Å². The first kappa shape index (κ1) is 26.7. The molecule has 0 aliphatic carbocycles. The molecule has 4 aromatic rings. The molecule has 208 valence electrons. The Kier molecular flexibility index (Phi) is 6.76. The van der Waals surface area contributed by atoms with Crippen LogP contribution in [0.2, 0.25) is 0 Å². The van der Waals surface area contributed by atoms with E-state index in [1.165, 1.54) is 43.5 Å². The van der Waals surface area contributed by atoms with E-state index in [2.05, 4.69) is 25.9 Å². The third-order valence-electron chi connectivity index (χ3n) is 6.69. The second-order valence-corrected chi connectivity index (χ2v) is 13.1. The fraction of sp³-hybridized carbons (Fsp3) is 0.240. The molecule has 0 unspecified atom stereocenters. The maximum absolute atomic E-state index is 14.2. The lowest BCUT2D eigenvalue weighted by Gasteiger charge is -2.24. The minimum absolute atomic E-state index is 0.0315. The minimum atomic E-state index is -3.74. The Morgan fingerprint density at radius 1 is 1.23 bits per heavy atom. The van der Waals surface area contributed by atoms with E-state index in [-0.39, 0.29) is 24.3 Å². The Morgan fingerprint density at radius 2 is 2.05 bits per heavy atom. The highest BCUT2D eigenvalue weighted by molar-refractivity contribution is 9.10. The first-order valence-electron chi connectivity index (χ1n) is 12.1. The lowest BCUT2D eigenvalue weighted by atomic mass is 10.1. The van der Waals surface area contributed by atoms with E-state index < -0.39 is 27.3 Å². The molecule has 5 heterocycles. The van der Waals surface area contributed by atoms with Gasteiger partial charge in [-0.15, -0.1) is 11.3 Å². The zero-order chi connectivity index (χ0) is 28.2. The largest absolute Gasteiger partial charge is 0.501 e. The number of ether oxygens (including phenoxy) is 1. The molecule has 1 saturated heterocycles. The predicted molar refractivity (Wildman–Crippen MR) is 152 cm³/mol. The van der Waals surface area contributed by atoms with Crippen molar-refractivity contribution in [2.24, 2.45) is 0 Å². The molecule has 0 spiro atoms. The summed E-state index contributed by atoms with van der Waals surface area (Å²) in [6, 6.07) is 5.87. The number of pyridine rings is 1. The van der Waals surface area contributed by atoms with Gasteiger partial charge in [0.2, 0.25) is 5.75 Å². The Balaban J connectivity index is 1.35. The average Bonchev–Trinajstić information content (AvgIpc) is 3.51. The van der Waals surface area contributed by atoms with Crippen molar-refractivity contribution in [3.05, 3.63) is 80.2 Å². The van der Waals surface area contributed by atoms with Crippen LogP contribution in [0.5, 0.6) is 5.75 Å². The number of thiazole rings is 1. The third-order valence-corrected chi connectivity index (χ3v) is 10.2. The van der Waals surface area contributed by atoms with Gasteiger partial charge in [0.1, 0.15) is 23.1 Å². The molecular formula is C25H22BrFN6O5S2. The molecule has 0 bridgehead atoms. The van der Waals surface area contributed by atoms with E-state index in [9.17, 15) is 22.7 Å². The lowest BCUT2D eigenvalue weighted by molar-refractivity contribution is 0.245. The third kappa shape index (κ3) is 4.62. The standard InChI is InChI=1S/C25H22BrFN6O5S2/c1-30-4-5-33(40(30,36)37)20-11-16(27)3-2-15(20)10-18-13-28-24(39-18)21-22(34)25(35)32-14-17(12-19(26)23(32)29-21)31-6-8-38-9-7-31/h2-3,6,8,11-14,34H,4-5,7,9-10H2,1H3. The number of likely N-dealkylation sites (N-methyl/N-ethyl adjacent to an activating group) is 1. The molecule has 40 heavy (non-hydrogen) atoms. The first-order chi connectivity index (χ1) is 19.1. The summed E-state index contributed by atoms with van der Waals surface area (Å²) in [5.74, 6) is -1.09. The predicted octanol–water partition coefficient (Wildman–Crippen LogP) is 3.32. The number of fused-ring (bicyclic) bond motifs is 1. The van der Waals surface area contributed by atoms with E-state index in [0.29, 0.717) is 51.0 Å². The summed E-state index contributed by atoms with van der Waals surface area (Å²) < 4.78 is 49.1. The van der Waals surface area contributed by atoms with Crippen LogP contribution in [-0.2, 0) is 21.4 Å². The van der Waals surface area contributed by atoms with Gasteiger partial charge in [-0.1, -0.05) is 6.07 Å². The summed E-state index contributed by atoms with van der Waals surface area (Å²) in [4.78, 5) is 24.7. The second-order valence-electron chi connectivity index (χ2n) is 9.19. The molecule has 3 aromatic heterocycles. The van der Waals surface area contributed by atoms with Crippen LogP contribution in [0.25, 0.3) is 16.3 Å². The van der Waals surface area contributed by atoms with Crippen molar-refractivity contribution in [1.82, 2.24) is 18.7 Å². The number of aromatic nitrogens is 3. The molecule has 2 aliphatic rings. The molecule has 1 aromatic carbocycles. The van der Waals surface area contributed by atoms with Crippen LogP contribution in [0.3, 0.4) is 0 Å². The van der Waals surface area contributed by atoms with Gasteiger partial charge >= 0.3 is 15.8 Å². The molecule has 0 saturated carbocycles. The van der Waals surface area contributed by atoms with Gasteiger partial charge in [-0.3, -0.25) is 13.5 Å². The summed E-state index contributed by atoms with van der Waals surface area (Å²) in [6.07, 6.45) is 6.76. The van der Waals surface area contributed by atoms with Crippen molar-refractivity contribution in [3.8, 4) is 16.5 Å². The number of benzene rings is 1. The van der Waals surface area contributed by atoms with Crippen molar-refractivity contribution in [3.63, 3.8) is 0 Å². The van der Waals surface area contributed by atoms with Crippen LogP contribution in [-0.4, -0.2) is 65.5 Å². The van der Waals surface area contributed by atoms with E-state index in [1.54, 1.807) is 30.9 Å². The number of halogens is 2. The fourth-order valence-corrected chi connectivity index (χ4v) is 7.41. The number of hydrogen-bond donors (Lipinski definition) is 1. The molecule has 11 nitrogen and oxygen atoms in total. The molecule has 6 rings (SSSR count). The maximum Gasteiger partial charge on any atom is 0.303 e.